The van der Waals surface area contributed by atoms with Gasteiger partial charge in [0.15, 0.2) is 0 Å². The molecule has 0 spiro atoms. The number of carbonyl (C=O) groups is 1. The molecule has 1 rings (SSSR count). The van der Waals surface area contributed by atoms with E-state index >= 15 is 0 Å². The summed E-state index contributed by atoms with van der Waals surface area (Å²) in [6.45, 7) is 11.3. The maximum absolute atomic E-state index is 12.0. The number of H-pyrrole nitrogens is 1. The van der Waals surface area contributed by atoms with Crippen molar-refractivity contribution in [2.75, 3.05) is 65.9 Å². The predicted octanol–water partition coefficient (Wildman–Crippen LogP) is 12.7. The summed E-state index contributed by atoms with van der Waals surface area (Å²) in [5.74, 6) is -0.440. The van der Waals surface area contributed by atoms with Crippen LogP contribution in [-0.2, 0) is 30.2 Å². The molecule has 1 aromatic rings. The zero-order chi connectivity index (χ0) is 42.4. The predicted molar refractivity (Wildman–Crippen MR) is 249 cm³/mol. The van der Waals surface area contributed by atoms with Gasteiger partial charge in [-0.1, -0.05) is 206 Å². The summed E-state index contributed by atoms with van der Waals surface area (Å²) in [6.07, 6.45) is 48.8. The van der Waals surface area contributed by atoms with Crippen molar-refractivity contribution in [1.29, 1.82) is 0 Å². The molecule has 59 heavy (non-hydrogen) atoms. The molecular weight excluding hydrogens is 737 g/mol. The smallest absolute Gasteiger partial charge is 0.323 e. The Labute approximate surface area is 365 Å². The molecule has 1 heterocycles. The highest BCUT2D eigenvalue weighted by Crippen LogP contribution is 2.16. The van der Waals surface area contributed by atoms with Crippen molar-refractivity contribution < 1.29 is 23.7 Å². The van der Waals surface area contributed by atoms with E-state index in [-0.39, 0.29) is 6.61 Å². The van der Waals surface area contributed by atoms with E-state index in [1.807, 2.05) is 0 Å². The van der Waals surface area contributed by atoms with Crippen molar-refractivity contribution in [2.24, 2.45) is 5.73 Å². The first-order chi connectivity index (χ1) is 29.2. The van der Waals surface area contributed by atoms with Crippen molar-refractivity contribution in [2.45, 2.75) is 232 Å². The average Bonchev–Trinajstić information content (AvgIpc) is 3.76. The maximum Gasteiger partial charge on any atom is 0.323 e. The van der Waals surface area contributed by atoms with Crippen molar-refractivity contribution in [1.82, 2.24) is 14.9 Å². The Kier molecular flexibility index (Phi) is 43.3. The first-order valence-corrected chi connectivity index (χ1v) is 25.5. The Bertz CT molecular complexity index is 916. The lowest BCUT2D eigenvalue weighted by Crippen LogP contribution is -2.35. The summed E-state index contributed by atoms with van der Waals surface area (Å²) < 4.78 is 22.4. The van der Waals surface area contributed by atoms with Crippen molar-refractivity contribution >= 4 is 5.97 Å². The molecule has 1 atom stereocenters. The second-order valence-corrected chi connectivity index (χ2v) is 17.3. The largest absolute Gasteiger partial charge is 0.462 e. The molecule has 0 aliphatic heterocycles. The van der Waals surface area contributed by atoms with Gasteiger partial charge in [0.2, 0.25) is 0 Å². The minimum Gasteiger partial charge on any atom is -0.462 e. The third kappa shape index (κ3) is 40.3. The van der Waals surface area contributed by atoms with E-state index in [0.29, 0.717) is 39.5 Å². The molecule has 0 aliphatic carbocycles. The van der Waals surface area contributed by atoms with Gasteiger partial charge in [-0.2, -0.15) is 0 Å². The summed E-state index contributed by atoms with van der Waals surface area (Å²) in [4.78, 5) is 21.6. The lowest BCUT2D eigenvalue weighted by Gasteiger charge is -2.22. The number of rotatable bonds is 49. The second-order valence-electron chi connectivity index (χ2n) is 17.3. The van der Waals surface area contributed by atoms with Crippen LogP contribution in [0.4, 0.5) is 0 Å². The van der Waals surface area contributed by atoms with E-state index in [9.17, 15) is 4.79 Å². The second kappa shape index (κ2) is 46.0. The monoisotopic (exact) mass is 835 g/mol. The third-order valence-corrected chi connectivity index (χ3v) is 11.7. The minimum absolute atomic E-state index is 0.175. The fourth-order valence-corrected chi connectivity index (χ4v) is 7.86. The number of hydrogen-bond donors (Lipinski definition) is 2. The molecule has 3 N–H and O–H groups in total. The van der Waals surface area contributed by atoms with Crippen LogP contribution in [0.2, 0.25) is 0 Å². The van der Waals surface area contributed by atoms with Gasteiger partial charge < -0.3 is 34.6 Å². The Hall–Kier alpha value is -1.52. The number of esters is 1. The summed E-state index contributed by atoms with van der Waals surface area (Å²) >= 11 is 0. The third-order valence-electron chi connectivity index (χ3n) is 11.7. The zero-order valence-electron chi connectivity index (χ0n) is 39.2. The summed E-state index contributed by atoms with van der Waals surface area (Å²) in [5, 5.41) is 0. The molecule has 0 aromatic carbocycles. The summed E-state index contributed by atoms with van der Waals surface area (Å²) in [7, 11) is 0. The summed E-state index contributed by atoms with van der Waals surface area (Å²) in [5.41, 5.74) is 6.71. The fraction of sp³-hybridized carbons (Fsp3) is 0.920. The Morgan fingerprint density at radius 2 is 0.847 bits per heavy atom. The van der Waals surface area contributed by atoms with E-state index in [1.54, 1.807) is 12.5 Å². The molecule has 9 nitrogen and oxygen atoms in total. The lowest BCUT2D eigenvalue weighted by molar-refractivity contribution is -0.146. The molecule has 0 radical (unpaired) electrons. The number of aromatic amines is 1. The zero-order valence-corrected chi connectivity index (χ0v) is 39.2. The number of hydrogen-bond acceptors (Lipinski definition) is 8. The van der Waals surface area contributed by atoms with Crippen LogP contribution in [0.3, 0.4) is 0 Å². The van der Waals surface area contributed by atoms with Gasteiger partial charge in [0, 0.05) is 24.9 Å². The van der Waals surface area contributed by atoms with Crippen molar-refractivity contribution in [3.63, 3.8) is 0 Å². The molecule has 348 valence electrons. The van der Waals surface area contributed by atoms with Crippen molar-refractivity contribution in [3.8, 4) is 0 Å². The van der Waals surface area contributed by atoms with E-state index in [1.165, 1.54) is 219 Å². The van der Waals surface area contributed by atoms with Gasteiger partial charge in [0.25, 0.3) is 0 Å². The molecule has 0 saturated carbocycles. The Morgan fingerprint density at radius 1 is 0.508 bits per heavy atom. The van der Waals surface area contributed by atoms with Gasteiger partial charge in [-0.15, -0.1) is 0 Å². The van der Waals surface area contributed by atoms with Crippen LogP contribution >= 0.6 is 0 Å². The number of nitrogens with zero attached hydrogens (tertiary/aromatic N) is 2. The Morgan fingerprint density at radius 3 is 1.20 bits per heavy atom. The van der Waals surface area contributed by atoms with E-state index in [4.69, 9.17) is 24.7 Å². The highest BCUT2D eigenvalue weighted by atomic mass is 16.6. The van der Waals surface area contributed by atoms with Crippen LogP contribution in [0.25, 0.3) is 0 Å². The SMILES string of the molecule is CCCCCCCCCCCCCCCCCCN(CCCCCCCCCCCCCCCCCC)CCOCCOCCOCCOC(=O)C(N)Cc1cnc[nH]1. The van der Waals surface area contributed by atoms with Crippen LogP contribution in [0.5, 0.6) is 0 Å². The molecule has 1 aromatic heterocycles. The van der Waals surface area contributed by atoms with Crippen molar-refractivity contribution in [3.05, 3.63) is 18.2 Å². The lowest BCUT2D eigenvalue weighted by atomic mass is 10.0. The van der Waals surface area contributed by atoms with Gasteiger partial charge in [0.05, 0.1) is 46.0 Å². The van der Waals surface area contributed by atoms with Crippen LogP contribution in [0.15, 0.2) is 12.5 Å². The Balaban J connectivity index is 2.10. The van der Waals surface area contributed by atoms with Crippen LogP contribution in [-0.4, -0.2) is 92.8 Å². The number of nitrogens with two attached hydrogens (primary N) is 1. The van der Waals surface area contributed by atoms with Crippen LogP contribution < -0.4 is 5.73 Å². The minimum atomic E-state index is -0.719. The number of imidazole rings is 1. The fourth-order valence-electron chi connectivity index (χ4n) is 7.86. The van der Waals surface area contributed by atoms with Gasteiger partial charge in [-0.3, -0.25) is 4.79 Å². The number of unbranched alkanes of at least 4 members (excludes halogenated alkanes) is 30. The molecule has 0 saturated heterocycles. The highest BCUT2D eigenvalue weighted by molar-refractivity contribution is 5.75. The molecule has 0 amide bonds. The first-order valence-electron chi connectivity index (χ1n) is 25.5. The normalized spacial score (nSPS) is 12.2. The summed E-state index contributed by atoms with van der Waals surface area (Å²) in [6, 6.07) is -0.719. The highest BCUT2D eigenvalue weighted by Gasteiger charge is 2.16. The van der Waals surface area contributed by atoms with Gasteiger partial charge in [0.1, 0.15) is 12.6 Å². The van der Waals surface area contributed by atoms with Gasteiger partial charge >= 0.3 is 5.97 Å². The first kappa shape index (κ1) is 55.5. The molecular formula is C50H98N4O5. The molecule has 0 bridgehead atoms. The van der Waals surface area contributed by atoms with Gasteiger partial charge in [-0.05, 0) is 25.9 Å². The number of carbonyl (C=O) groups excluding carboxylic acids is 1. The maximum atomic E-state index is 12.0. The molecule has 0 fully saturated rings. The topological polar surface area (TPSA) is 112 Å². The number of nitrogens with one attached hydrogen (secondary N) is 1. The van der Waals surface area contributed by atoms with E-state index < -0.39 is 12.0 Å². The standard InChI is InChI=1S/C50H98N4O5/c1-3-5-7-9-11-13-15-17-19-21-23-25-27-29-31-33-35-54(36-34-32-30-28-26-24-22-20-18-16-14-12-10-8-6-4-2)37-38-56-39-40-57-41-42-58-43-44-59-50(55)49(51)45-48-46-52-47-53-48/h46-47,49H,3-45,51H2,1-2H3,(H,52,53). The van der Waals surface area contributed by atoms with E-state index in [2.05, 4.69) is 28.7 Å². The number of ether oxygens (including phenoxy) is 4. The quantitative estimate of drug-likeness (QED) is 0.0493. The van der Waals surface area contributed by atoms with Gasteiger partial charge in [-0.25, -0.2) is 4.98 Å². The molecule has 0 aliphatic rings. The van der Waals surface area contributed by atoms with Crippen LogP contribution in [0, 0.1) is 0 Å². The van der Waals surface area contributed by atoms with Crippen LogP contribution in [0.1, 0.15) is 225 Å². The van der Waals surface area contributed by atoms with E-state index in [0.717, 1.165) is 18.8 Å². The average molecular weight is 835 g/mol. The number of aromatic nitrogens is 2. The molecule has 9 heteroatoms. The molecule has 1 unspecified atom stereocenters.